The second-order valence-corrected chi connectivity index (χ2v) is 4.54. The number of imidazole rings is 1. The highest BCUT2D eigenvalue weighted by atomic mass is 35.5. The summed E-state index contributed by atoms with van der Waals surface area (Å²) in [5, 5.41) is 5.96. The van der Waals surface area contributed by atoms with Crippen LogP contribution in [0, 0.1) is 0 Å². The van der Waals surface area contributed by atoms with E-state index in [0.717, 1.165) is 12.0 Å². The number of halogens is 4. The Balaban J connectivity index is 2.04. The average Bonchev–Trinajstić information content (AvgIpc) is 2.89. The Hall–Kier alpha value is -2.03. The summed E-state index contributed by atoms with van der Waals surface area (Å²) in [4.78, 5) is 18.6. The lowest BCUT2D eigenvalue weighted by Crippen LogP contribution is -2.31. The predicted octanol–water partition coefficient (Wildman–Crippen LogP) is 1.84. The monoisotopic (exact) mass is 321 g/mol. The van der Waals surface area contributed by atoms with Gasteiger partial charge in [0.2, 0.25) is 0 Å². The molecule has 0 atom stereocenters. The second kappa shape index (κ2) is 6.17. The second-order valence-electron chi connectivity index (χ2n) is 4.16. The number of aromatic amines is 1. The minimum absolute atomic E-state index is 0.187. The first kappa shape index (κ1) is 15.4. The van der Waals surface area contributed by atoms with Crippen molar-refractivity contribution in [2.24, 2.45) is 0 Å². The smallest absolute Gasteiger partial charge is 0.382 e. The quantitative estimate of drug-likeness (QED) is 0.881. The Morgan fingerprint density at radius 1 is 1.43 bits per heavy atom. The van der Waals surface area contributed by atoms with Crippen LogP contribution in [0.2, 0.25) is 5.02 Å². The maximum absolute atomic E-state index is 12.2. The van der Waals surface area contributed by atoms with E-state index in [2.05, 4.69) is 20.4 Å². The van der Waals surface area contributed by atoms with Gasteiger partial charge >= 0.3 is 6.18 Å². The molecule has 10 heteroatoms. The molecule has 2 N–H and O–H groups in total. The van der Waals surface area contributed by atoms with Gasteiger partial charge in [-0.1, -0.05) is 11.6 Å². The van der Waals surface area contributed by atoms with Crippen LogP contribution >= 0.6 is 11.6 Å². The molecule has 0 fully saturated rings. The maximum Gasteiger partial charge on any atom is 0.408 e. The lowest BCUT2D eigenvalue weighted by molar-refractivity contribution is -0.143. The molecule has 0 saturated carbocycles. The molecule has 0 saturated heterocycles. The molecule has 0 amide bonds. The number of aromatic nitrogens is 4. The van der Waals surface area contributed by atoms with Gasteiger partial charge in [0.15, 0.2) is 0 Å². The lowest BCUT2D eigenvalue weighted by Gasteiger charge is -2.11. The molecule has 0 aliphatic carbocycles. The van der Waals surface area contributed by atoms with Crippen LogP contribution in [0.5, 0.6) is 0 Å². The van der Waals surface area contributed by atoms with Crippen molar-refractivity contribution >= 4 is 17.3 Å². The molecule has 114 valence electrons. The third-order valence-electron chi connectivity index (χ3n) is 2.55. The van der Waals surface area contributed by atoms with Crippen molar-refractivity contribution in [2.75, 3.05) is 11.9 Å². The highest BCUT2D eigenvalue weighted by Gasteiger charge is 2.29. The molecular weight excluding hydrogens is 311 g/mol. The molecule has 21 heavy (non-hydrogen) atoms. The van der Waals surface area contributed by atoms with Crippen LogP contribution in [-0.4, -0.2) is 32.5 Å². The van der Waals surface area contributed by atoms with Gasteiger partial charge in [0.25, 0.3) is 5.56 Å². The minimum atomic E-state index is -4.53. The number of anilines is 1. The fourth-order valence-corrected chi connectivity index (χ4v) is 1.83. The molecule has 0 radical (unpaired) electrons. The van der Waals surface area contributed by atoms with Crippen molar-refractivity contribution in [3.8, 4) is 0 Å². The zero-order chi connectivity index (χ0) is 15.5. The Labute approximate surface area is 122 Å². The number of hydrogen-bond donors (Lipinski definition) is 2. The number of nitrogens with one attached hydrogen (secondary N) is 2. The Kier molecular flexibility index (Phi) is 4.51. The number of hydrogen-bond acceptors (Lipinski definition) is 4. The van der Waals surface area contributed by atoms with Gasteiger partial charge in [-0.25, -0.2) is 9.67 Å². The van der Waals surface area contributed by atoms with Gasteiger partial charge in [-0.15, -0.1) is 0 Å². The zero-order valence-corrected chi connectivity index (χ0v) is 11.4. The standard InChI is InChI=1S/C11H11ClF3N5O/c12-9-7(16-2-1-8-17-3-4-18-8)5-19-20(10(9)21)6-11(13,14)15/h3-5,16H,1-2,6H2,(H,17,18). The molecule has 0 spiro atoms. The molecule has 0 bridgehead atoms. The highest BCUT2D eigenvalue weighted by Crippen LogP contribution is 2.19. The van der Waals surface area contributed by atoms with E-state index in [1.54, 1.807) is 12.4 Å². The van der Waals surface area contributed by atoms with Crippen molar-refractivity contribution in [3.63, 3.8) is 0 Å². The van der Waals surface area contributed by atoms with Crippen molar-refractivity contribution in [1.82, 2.24) is 19.7 Å². The maximum atomic E-state index is 12.2. The SMILES string of the molecule is O=c1c(Cl)c(NCCc2ncc[nH]2)cnn1CC(F)(F)F. The molecular formula is C11H11ClF3N5O. The zero-order valence-electron chi connectivity index (χ0n) is 10.6. The van der Waals surface area contributed by atoms with Crippen molar-refractivity contribution in [2.45, 2.75) is 19.1 Å². The number of H-pyrrole nitrogens is 1. The van der Waals surface area contributed by atoms with E-state index in [9.17, 15) is 18.0 Å². The third-order valence-corrected chi connectivity index (χ3v) is 2.91. The van der Waals surface area contributed by atoms with E-state index in [4.69, 9.17) is 11.6 Å². The normalized spacial score (nSPS) is 11.6. The first-order valence-electron chi connectivity index (χ1n) is 5.91. The van der Waals surface area contributed by atoms with Crippen LogP contribution in [0.1, 0.15) is 5.82 Å². The molecule has 0 unspecified atom stereocenters. The fraction of sp³-hybridized carbons (Fsp3) is 0.364. The van der Waals surface area contributed by atoms with Gasteiger partial charge in [-0.05, 0) is 0 Å². The van der Waals surface area contributed by atoms with Gasteiger partial charge in [-0.2, -0.15) is 18.3 Å². The van der Waals surface area contributed by atoms with Crippen LogP contribution in [0.25, 0.3) is 0 Å². The molecule has 0 aromatic carbocycles. The molecule has 0 aliphatic rings. The van der Waals surface area contributed by atoms with Gasteiger partial charge in [0, 0.05) is 25.4 Å². The van der Waals surface area contributed by atoms with Crippen molar-refractivity contribution in [3.05, 3.63) is 39.8 Å². The largest absolute Gasteiger partial charge is 0.408 e. The summed E-state index contributed by atoms with van der Waals surface area (Å²) in [6.45, 7) is -1.07. The number of nitrogens with zero attached hydrogens (tertiary/aromatic N) is 3. The summed E-state index contributed by atoms with van der Waals surface area (Å²) < 4.78 is 37.0. The van der Waals surface area contributed by atoms with Crippen molar-refractivity contribution < 1.29 is 13.2 Å². The molecule has 2 rings (SSSR count). The predicted molar refractivity (Wildman–Crippen MR) is 70.3 cm³/mol. The summed E-state index contributed by atoms with van der Waals surface area (Å²) in [7, 11) is 0. The first-order chi connectivity index (χ1) is 9.87. The number of alkyl halides is 3. The van der Waals surface area contributed by atoms with E-state index in [1.165, 1.54) is 0 Å². The van der Waals surface area contributed by atoms with Crippen LogP contribution in [0.15, 0.2) is 23.4 Å². The summed E-state index contributed by atoms with van der Waals surface area (Å²) in [6.07, 6.45) is 0.366. The van der Waals surface area contributed by atoms with Gasteiger partial charge in [0.05, 0.1) is 11.9 Å². The first-order valence-corrected chi connectivity index (χ1v) is 6.29. The Morgan fingerprint density at radius 2 is 2.19 bits per heavy atom. The van der Waals surface area contributed by atoms with Gasteiger partial charge in [-0.3, -0.25) is 4.79 Å². The van der Waals surface area contributed by atoms with E-state index in [0.29, 0.717) is 13.0 Å². The summed E-state index contributed by atoms with van der Waals surface area (Å²) in [6, 6.07) is 0. The average molecular weight is 322 g/mol. The van der Waals surface area contributed by atoms with Gasteiger partial charge < -0.3 is 10.3 Å². The molecule has 0 aliphatic heterocycles. The van der Waals surface area contributed by atoms with E-state index in [-0.39, 0.29) is 15.4 Å². The van der Waals surface area contributed by atoms with Crippen molar-refractivity contribution in [1.29, 1.82) is 0 Å². The Morgan fingerprint density at radius 3 is 2.81 bits per heavy atom. The highest BCUT2D eigenvalue weighted by molar-refractivity contribution is 6.32. The van der Waals surface area contributed by atoms with E-state index in [1.807, 2.05) is 0 Å². The fourth-order valence-electron chi connectivity index (χ4n) is 1.62. The number of rotatable bonds is 5. The molecule has 2 aromatic rings. The van der Waals surface area contributed by atoms with Gasteiger partial charge in [0.1, 0.15) is 17.4 Å². The van der Waals surface area contributed by atoms with E-state index >= 15 is 0 Å². The molecule has 2 heterocycles. The summed E-state index contributed by atoms with van der Waals surface area (Å²) in [5.74, 6) is 0.733. The lowest BCUT2D eigenvalue weighted by atomic mass is 10.3. The van der Waals surface area contributed by atoms with E-state index < -0.39 is 18.3 Å². The third kappa shape index (κ3) is 4.22. The summed E-state index contributed by atoms with van der Waals surface area (Å²) >= 11 is 5.76. The van der Waals surface area contributed by atoms with Crippen LogP contribution in [0.3, 0.4) is 0 Å². The molecule has 2 aromatic heterocycles. The Bertz CT molecular complexity index is 653. The minimum Gasteiger partial charge on any atom is -0.382 e. The topological polar surface area (TPSA) is 75.6 Å². The van der Waals surface area contributed by atoms with Crippen LogP contribution in [0.4, 0.5) is 18.9 Å². The van der Waals surface area contributed by atoms with Crippen LogP contribution in [-0.2, 0) is 13.0 Å². The molecule has 6 nitrogen and oxygen atoms in total. The summed E-state index contributed by atoms with van der Waals surface area (Å²) in [5.41, 5.74) is -0.802. The van der Waals surface area contributed by atoms with Crippen LogP contribution < -0.4 is 10.9 Å².